The SMILES string of the molecule is O=C1CCN(c2cncc3c(C4CCN(C[C@H]5CC[C@H](c6nc7ccc(NC(=O)c8cccc(C(F)(F)F)n8)cc7s6)CC5)CC4)cccc23)C(=O)N1. The maximum absolute atomic E-state index is 13.1. The number of hydrogen-bond donors (Lipinski definition) is 2. The molecular formula is C39H38F3N7O3S. The molecule has 1 saturated carbocycles. The van der Waals surface area contributed by atoms with Crippen LogP contribution in [-0.2, 0) is 11.0 Å². The molecule has 53 heavy (non-hydrogen) atoms. The Hall–Kier alpha value is -4.95. The van der Waals surface area contributed by atoms with Gasteiger partial charge in [-0.25, -0.2) is 14.8 Å². The Morgan fingerprint density at radius 3 is 2.45 bits per heavy atom. The number of aromatic nitrogens is 3. The summed E-state index contributed by atoms with van der Waals surface area (Å²) in [6.07, 6.45) is 5.78. The second kappa shape index (κ2) is 14.5. The van der Waals surface area contributed by atoms with Crippen molar-refractivity contribution >= 4 is 61.5 Å². The first-order valence-corrected chi connectivity index (χ1v) is 18.9. The predicted octanol–water partition coefficient (Wildman–Crippen LogP) is 8.11. The van der Waals surface area contributed by atoms with Crippen molar-refractivity contribution in [1.82, 2.24) is 25.2 Å². The Morgan fingerprint density at radius 1 is 0.887 bits per heavy atom. The van der Waals surface area contributed by atoms with Crippen molar-refractivity contribution in [2.24, 2.45) is 5.92 Å². The second-order valence-corrected chi connectivity index (χ2v) is 15.3. The van der Waals surface area contributed by atoms with Crippen LogP contribution in [0.5, 0.6) is 0 Å². The minimum atomic E-state index is -4.63. The fourth-order valence-electron chi connectivity index (χ4n) is 8.06. The number of carbonyl (C=O) groups is 3. The first-order chi connectivity index (χ1) is 25.6. The zero-order valence-electron chi connectivity index (χ0n) is 28.9. The van der Waals surface area contributed by atoms with Gasteiger partial charge < -0.3 is 10.2 Å². The van der Waals surface area contributed by atoms with Gasteiger partial charge in [-0.3, -0.25) is 24.8 Å². The minimum absolute atomic E-state index is 0.254. The summed E-state index contributed by atoms with van der Waals surface area (Å²) in [5.74, 6) is 0.464. The van der Waals surface area contributed by atoms with Gasteiger partial charge in [-0.2, -0.15) is 13.2 Å². The summed E-state index contributed by atoms with van der Waals surface area (Å²) in [4.78, 5) is 54.1. The summed E-state index contributed by atoms with van der Waals surface area (Å²) in [5, 5.41) is 8.23. The zero-order valence-corrected chi connectivity index (χ0v) is 29.7. The molecule has 14 heteroatoms. The number of thiazole rings is 1. The van der Waals surface area contributed by atoms with E-state index in [0.717, 1.165) is 95.9 Å². The van der Waals surface area contributed by atoms with Gasteiger partial charge in [0.25, 0.3) is 5.91 Å². The van der Waals surface area contributed by atoms with Crippen molar-refractivity contribution in [2.45, 2.75) is 63.0 Å². The Bertz CT molecular complexity index is 2190. The van der Waals surface area contributed by atoms with Gasteiger partial charge in [0.1, 0.15) is 11.4 Å². The number of alkyl halides is 3. The Kier molecular flexibility index (Phi) is 9.58. The van der Waals surface area contributed by atoms with E-state index in [1.165, 1.54) is 17.7 Å². The third-order valence-electron chi connectivity index (χ3n) is 10.8. The number of benzene rings is 2. The van der Waals surface area contributed by atoms with Crippen LogP contribution >= 0.6 is 11.3 Å². The van der Waals surface area contributed by atoms with E-state index in [2.05, 4.69) is 37.6 Å². The summed E-state index contributed by atoms with van der Waals surface area (Å²) < 4.78 is 40.1. The van der Waals surface area contributed by atoms with E-state index in [1.807, 2.05) is 24.4 Å². The highest BCUT2D eigenvalue weighted by molar-refractivity contribution is 7.18. The average molecular weight is 742 g/mol. The van der Waals surface area contributed by atoms with Crippen LogP contribution in [0.4, 0.5) is 29.3 Å². The van der Waals surface area contributed by atoms with Gasteiger partial charge in [-0.1, -0.05) is 24.3 Å². The summed E-state index contributed by atoms with van der Waals surface area (Å²) in [7, 11) is 0. The number of fused-ring (bicyclic) bond motifs is 2. The van der Waals surface area contributed by atoms with E-state index in [4.69, 9.17) is 4.98 Å². The highest BCUT2D eigenvalue weighted by atomic mass is 32.1. The molecule has 2 aromatic carbocycles. The molecule has 0 bridgehead atoms. The summed E-state index contributed by atoms with van der Waals surface area (Å²) in [6, 6.07) is 14.5. The molecule has 0 atom stereocenters. The van der Waals surface area contributed by atoms with Crippen molar-refractivity contribution < 1.29 is 27.6 Å². The van der Waals surface area contributed by atoms with Gasteiger partial charge >= 0.3 is 12.2 Å². The standard InChI is InChI=1S/C39H38F3N7O3S/c40-39(41,42)34-6-2-5-31(45-34)36(51)44-26-11-12-30-33(19-26)53-37(46-30)25-9-7-23(8-10-25)22-48-16-13-24(14-17-48)27-3-1-4-28-29(27)20-43-21-32(28)49-18-15-35(50)47-38(49)52/h1-6,11-12,19-21,23-25H,7-10,13-18,22H2,(H,44,51)(H,47,50,52)/t23-,25-. The Balaban J connectivity index is 0.845. The molecule has 10 nitrogen and oxygen atoms in total. The molecule has 3 aromatic heterocycles. The molecule has 2 N–H and O–H groups in total. The lowest BCUT2D eigenvalue weighted by Gasteiger charge is -2.37. The number of carbonyl (C=O) groups excluding carboxylic acids is 3. The third-order valence-corrected chi connectivity index (χ3v) is 12.0. The first kappa shape index (κ1) is 35.1. The van der Waals surface area contributed by atoms with Crippen LogP contribution in [0.3, 0.4) is 0 Å². The maximum atomic E-state index is 13.1. The number of hydrogen-bond acceptors (Lipinski definition) is 8. The van der Waals surface area contributed by atoms with Gasteiger partial charge in [0, 0.05) is 48.1 Å². The van der Waals surface area contributed by atoms with Gasteiger partial charge in [0.2, 0.25) is 5.91 Å². The number of amides is 4. The summed E-state index contributed by atoms with van der Waals surface area (Å²) in [6.45, 7) is 3.50. The molecule has 5 heterocycles. The molecule has 4 amide bonds. The van der Waals surface area contributed by atoms with Gasteiger partial charge in [0.15, 0.2) is 0 Å². The molecule has 5 aromatic rings. The number of piperidine rings is 1. The first-order valence-electron chi connectivity index (χ1n) is 18.1. The molecule has 2 saturated heterocycles. The summed E-state index contributed by atoms with van der Waals surface area (Å²) in [5.41, 5.74) is 1.92. The molecule has 274 valence electrons. The number of imide groups is 1. The number of urea groups is 1. The van der Waals surface area contributed by atoms with Crippen LogP contribution in [0.15, 0.2) is 67.0 Å². The van der Waals surface area contributed by atoms with Gasteiger partial charge in [-0.15, -0.1) is 11.3 Å². The monoisotopic (exact) mass is 741 g/mol. The van der Waals surface area contributed by atoms with Crippen LogP contribution in [-0.4, -0.2) is 63.9 Å². The molecular weight excluding hydrogens is 704 g/mol. The lowest BCUT2D eigenvalue weighted by atomic mass is 9.81. The number of anilines is 2. The quantitative estimate of drug-likeness (QED) is 0.173. The van der Waals surface area contributed by atoms with Crippen molar-refractivity contribution in [3.8, 4) is 0 Å². The maximum Gasteiger partial charge on any atom is 0.433 e. The molecule has 1 aliphatic carbocycles. The Morgan fingerprint density at radius 2 is 1.68 bits per heavy atom. The smallest absolute Gasteiger partial charge is 0.321 e. The number of likely N-dealkylation sites (tertiary alicyclic amines) is 1. The van der Waals surface area contributed by atoms with E-state index < -0.39 is 23.8 Å². The minimum Gasteiger partial charge on any atom is -0.321 e. The van der Waals surface area contributed by atoms with E-state index in [1.54, 1.807) is 28.5 Å². The second-order valence-electron chi connectivity index (χ2n) is 14.2. The fraction of sp³-hybridized carbons (Fsp3) is 0.385. The van der Waals surface area contributed by atoms with Gasteiger partial charge in [-0.05, 0) is 99.3 Å². The van der Waals surface area contributed by atoms with E-state index in [-0.39, 0.29) is 18.0 Å². The number of pyridine rings is 2. The lowest BCUT2D eigenvalue weighted by molar-refractivity contribution is -0.141. The van der Waals surface area contributed by atoms with Gasteiger partial charge in [0.05, 0.1) is 27.1 Å². The summed E-state index contributed by atoms with van der Waals surface area (Å²) >= 11 is 1.61. The highest BCUT2D eigenvalue weighted by Gasteiger charge is 2.33. The van der Waals surface area contributed by atoms with E-state index in [0.29, 0.717) is 30.0 Å². The zero-order chi connectivity index (χ0) is 36.7. The Labute approximate surface area is 307 Å². The van der Waals surface area contributed by atoms with Crippen LogP contribution < -0.4 is 15.5 Å². The van der Waals surface area contributed by atoms with Crippen LogP contribution in [0, 0.1) is 5.92 Å². The molecule has 0 radical (unpaired) electrons. The lowest BCUT2D eigenvalue weighted by Crippen LogP contribution is -2.49. The topological polar surface area (TPSA) is 120 Å². The third kappa shape index (κ3) is 7.47. The normalized spacial score (nSPS) is 20.5. The number of nitrogens with one attached hydrogen (secondary N) is 2. The van der Waals surface area contributed by atoms with E-state index >= 15 is 0 Å². The van der Waals surface area contributed by atoms with Crippen LogP contribution in [0.25, 0.3) is 21.0 Å². The fourth-order valence-corrected chi connectivity index (χ4v) is 9.24. The van der Waals surface area contributed by atoms with Crippen molar-refractivity contribution in [3.63, 3.8) is 0 Å². The number of rotatable bonds is 7. The van der Waals surface area contributed by atoms with Crippen molar-refractivity contribution in [2.75, 3.05) is 36.4 Å². The highest BCUT2D eigenvalue weighted by Crippen LogP contribution is 2.41. The van der Waals surface area contributed by atoms with Crippen molar-refractivity contribution in [3.05, 3.63) is 88.9 Å². The molecule has 0 spiro atoms. The molecule has 0 unspecified atom stereocenters. The van der Waals surface area contributed by atoms with Crippen molar-refractivity contribution in [1.29, 1.82) is 0 Å². The average Bonchev–Trinajstić information content (AvgIpc) is 3.58. The molecule has 2 aliphatic heterocycles. The largest absolute Gasteiger partial charge is 0.433 e. The van der Waals surface area contributed by atoms with Crippen LogP contribution in [0.1, 0.15) is 83.5 Å². The van der Waals surface area contributed by atoms with Crippen LogP contribution in [0.2, 0.25) is 0 Å². The predicted molar refractivity (Wildman–Crippen MR) is 197 cm³/mol. The molecule has 3 aliphatic rings. The number of halogens is 3. The van der Waals surface area contributed by atoms with E-state index in [9.17, 15) is 27.6 Å². The number of nitrogens with zero attached hydrogens (tertiary/aromatic N) is 5. The molecule has 8 rings (SSSR count). The molecule has 3 fully saturated rings.